The van der Waals surface area contributed by atoms with E-state index in [1.165, 1.54) is 0 Å². The highest BCUT2D eigenvalue weighted by Crippen LogP contribution is 2.22. The van der Waals surface area contributed by atoms with E-state index in [9.17, 15) is 4.79 Å². The molecule has 1 amide bonds. The molecule has 2 heterocycles. The summed E-state index contributed by atoms with van der Waals surface area (Å²) in [5.74, 6) is 1.59. The van der Waals surface area contributed by atoms with Gasteiger partial charge in [0.1, 0.15) is 11.5 Å². The maximum absolute atomic E-state index is 12.2. The Labute approximate surface area is 153 Å². The Hall–Kier alpha value is -3.08. The third-order valence-electron chi connectivity index (χ3n) is 3.97. The lowest BCUT2D eigenvalue weighted by Crippen LogP contribution is -2.30. The van der Waals surface area contributed by atoms with Gasteiger partial charge in [-0.15, -0.1) is 0 Å². The van der Waals surface area contributed by atoms with Crippen LogP contribution in [0, 0.1) is 6.92 Å². The van der Waals surface area contributed by atoms with Crippen molar-refractivity contribution in [3.63, 3.8) is 0 Å². The number of rotatable bonds is 6. The Bertz CT molecular complexity index is 885. The van der Waals surface area contributed by atoms with Crippen LogP contribution in [0.15, 0.2) is 59.3 Å². The number of hydrogen-bond acceptors (Lipinski definition) is 4. The zero-order valence-corrected chi connectivity index (χ0v) is 15.2. The highest BCUT2D eigenvalue weighted by molar-refractivity contribution is 5.96. The Morgan fingerprint density at radius 1 is 1.19 bits per heavy atom. The van der Waals surface area contributed by atoms with Crippen molar-refractivity contribution in [3.05, 3.63) is 71.7 Å². The molecule has 0 aliphatic rings. The summed E-state index contributed by atoms with van der Waals surface area (Å²) in [4.78, 5) is 16.3. The molecule has 1 aromatic carbocycles. The number of carbonyl (C=O) groups excluding carboxylic acids is 1. The van der Waals surface area contributed by atoms with Gasteiger partial charge in [-0.1, -0.05) is 0 Å². The summed E-state index contributed by atoms with van der Waals surface area (Å²) in [6.07, 6.45) is 3.52. The Kier molecular flexibility index (Phi) is 5.37. The number of nitrogens with one attached hydrogen (secondary N) is 2. The van der Waals surface area contributed by atoms with Crippen LogP contribution < -0.4 is 10.6 Å². The van der Waals surface area contributed by atoms with Crippen LogP contribution in [-0.2, 0) is 6.54 Å². The molecule has 2 aromatic heterocycles. The van der Waals surface area contributed by atoms with Crippen molar-refractivity contribution < 1.29 is 9.21 Å². The van der Waals surface area contributed by atoms with Crippen molar-refractivity contribution in [2.75, 3.05) is 5.32 Å². The van der Waals surface area contributed by atoms with E-state index in [2.05, 4.69) is 15.6 Å². The molecular formula is C21H23N3O2. The summed E-state index contributed by atoms with van der Waals surface area (Å²) in [7, 11) is 0. The largest absolute Gasteiger partial charge is 0.459 e. The third kappa shape index (κ3) is 4.30. The number of aryl methyl sites for hydroxylation is 1. The van der Waals surface area contributed by atoms with Crippen LogP contribution in [0.4, 0.5) is 5.69 Å². The lowest BCUT2D eigenvalue weighted by Gasteiger charge is -2.12. The molecule has 5 nitrogen and oxygen atoms in total. The average Bonchev–Trinajstić information content (AvgIpc) is 3.09. The first kappa shape index (κ1) is 17.7. The summed E-state index contributed by atoms with van der Waals surface area (Å²) >= 11 is 0. The molecule has 0 bridgehead atoms. The summed E-state index contributed by atoms with van der Waals surface area (Å²) < 4.78 is 5.86. The highest BCUT2D eigenvalue weighted by Gasteiger charge is 2.11. The zero-order chi connectivity index (χ0) is 18.5. The molecule has 0 saturated carbocycles. The second kappa shape index (κ2) is 7.87. The summed E-state index contributed by atoms with van der Waals surface area (Å²) in [5.41, 5.74) is 3.53. The van der Waals surface area contributed by atoms with Crippen molar-refractivity contribution in [2.45, 2.75) is 33.4 Å². The number of hydrogen-bond donors (Lipinski definition) is 2. The molecule has 3 aromatic rings. The molecular weight excluding hydrogens is 326 g/mol. The number of benzene rings is 1. The molecule has 26 heavy (non-hydrogen) atoms. The minimum atomic E-state index is -0.0452. The summed E-state index contributed by atoms with van der Waals surface area (Å²) in [6, 6.07) is 13.6. The lowest BCUT2D eigenvalue weighted by atomic mass is 10.1. The van der Waals surface area contributed by atoms with Crippen LogP contribution in [-0.4, -0.2) is 16.9 Å². The number of furan rings is 1. The van der Waals surface area contributed by atoms with E-state index >= 15 is 0 Å². The quantitative estimate of drug-likeness (QED) is 0.692. The van der Waals surface area contributed by atoms with Crippen molar-refractivity contribution in [1.29, 1.82) is 0 Å². The molecule has 0 spiro atoms. The normalized spacial score (nSPS) is 10.8. The fraction of sp³-hybridized carbons (Fsp3) is 0.238. The van der Waals surface area contributed by atoms with E-state index in [0.29, 0.717) is 12.1 Å². The van der Waals surface area contributed by atoms with Crippen molar-refractivity contribution >= 4 is 11.6 Å². The van der Waals surface area contributed by atoms with Crippen molar-refractivity contribution in [3.8, 4) is 11.3 Å². The van der Waals surface area contributed by atoms with E-state index in [1.807, 2.05) is 63.2 Å². The van der Waals surface area contributed by atoms with Crippen LogP contribution >= 0.6 is 0 Å². The van der Waals surface area contributed by atoms with Gasteiger partial charge in [-0.05, 0) is 68.8 Å². The first-order chi connectivity index (χ1) is 12.5. The Morgan fingerprint density at radius 3 is 2.73 bits per heavy atom. The zero-order valence-electron chi connectivity index (χ0n) is 15.2. The van der Waals surface area contributed by atoms with E-state index < -0.39 is 0 Å². The number of nitrogens with zero attached hydrogens (tertiary/aromatic N) is 1. The van der Waals surface area contributed by atoms with Gasteiger partial charge >= 0.3 is 0 Å². The van der Waals surface area contributed by atoms with Crippen LogP contribution in [0.5, 0.6) is 0 Å². The molecule has 134 valence electrons. The molecule has 0 aliphatic heterocycles. The van der Waals surface area contributed by atoms with E-state index in [4.69, 9.17) is 4.42 Å². The second-order valence-electron chi connectivity index (χ2n) is 6.52. The third-order valence-corrected chi connectivity index (χ3v) is 3.97. The van der Waals surface area contributed by atoms with Crippen LogP contribution in [0.25, 0.3) is 11.3 Å². The fourth-order valence-electron chi connectivity index (χ4n) is 2.69. The summed E-state index contributed by atoms with van der Waals surface area (Å²) in [5, 5.41) is 6.25. The van der Waals surface area contributed by atoms with Gasteiger partial charge < -0.3 is 15.1 Å². The SMILES string of the molecule is Cc1cc(NCc2ccc(-c3cccnc3)o2)ccc1C(=O)NC(C)C. The van der Waals surface area contributed by atoms with Gasteiger partial charge in [-0.25, -0.2) is 0 Å². The highest BCUT2D eigenvalue weighted by atomic mass is 16.3. The molecule has 0 radical (unpaired) electrons. The van der Waals surface area contributed by atoms with Gasteiger partial charge in [0.05, 0.1) is 6.54 Å². The minimum Gasteiger partial charge on any atom is -0.459 e. The van der Waals surface area contributed by atoms with Crippen LogP contribution in [0.2, 0.25) is 0 Å². The van der Waals surface area contributed by atoms with Gasteiger partial charge in [0.2, 0.25) is 0 Å². The van der Waals surface area contributed by atoms with Gasteiger partial charge in [-0.3, -0.25) is 9.78 Å². The van der Waals surface area contributed by atoms with Crippen LogP contribution in [0.3, 0.4) is 0 Å². The maximum Gasteiger partial charge on any atom is 0.251 e. The number of anilines is 1. The Balaban J connectivity index is 1.64. The Morgan fingerprint density at radius 2 is 2.04 bits per heavy atom. The number of carbonyl (C=O) groups is 1. The number of amides is 1. The first-order valence-corrected chi connectivity index (χ1v) is 8.67. The van der Waals surface area contributed by atoms with Gasteiger partial charge in [-0.2, -0.15) is 0 Å². The average molecular weight is 349 g/mol. The molecule has 0 fully saturated rings. The van der Waals surface area contributed by atoms with Crippen molar-refractivity contribution in [1.82, 2.24) is 10.3 Å². The molecule has 3 rings (SSSR count). The predicted molar refractivity (Wildman–Crippen MR) is 103 cm³/mol. The van der Waals surface area contributed by atoms with Crippen LogP contribution in [0.1, 0.15) is 35.5 Å². The van der Waals surface area contributed by atoms with E-state index in [-0.39, 0.29) is 11.9 Å². The fourth-order valence-corrected chi connectivity index (χ4v) is 2.69. The first-order valence-electron chi connectivity index (χ1n) is 8.67. The van der Waals surface area contributed by atoms with Crippen molar-refractivity contribution in [2.24, 2.45) is 0 Å². The monoisotopic (exact) mass is 349 g/mol. The number of aromatic nitrogens is 1. The van der Waals surface area contributed by atoms with Gasteiger partial charge in [0.15, 0.2) is 0 Å². The minimum absolute atomic E-state index is 0.0452. The topological polar surface area (TPSA) is 67.2 Å². The number of pyridine rings is 1. The van der Waals surface area contributed by atoms with E-state index in [0.717, 1.165) is 28.3 Å². The van der Waals surface area contributed by atoms with Gasteiger partial charge in [0.25, 0.3) is 5.91 Å². The maximum atomic E-state index is 12.2. The van der Waals surface area contributed by atoms with E-state index in [1.54, 1.807) is 12.4 Å². The molecule has 2 N–H and O–H groups in total. The molecule has 5 heteroatoms. The molecule has 0 saturated heterocycles. The molecule has 0 unspecified atom stereocenters. The second-order valence-corrected chi connectivity index (χ2v) is 6.52. The summed E-state index contributed by atoms with van der Waals surface area (Å²) in [6.45, 7) is 6.41. The lowest BCUT2D eigenvalue weighted by molar-refractivity contribution is 0.0942. The molecule has 0 atom stereocenters. The smallest absolute Gasteiger partial charge is 0.251 e. The van der Waals surface area contributed by atoms with Gasteiger partial charge in [0, 0.05) is 35.2 Å². The molecule has 0 aliphatic carbocycles. The predicted octanol–water partition coefficient (Wildman–Crippen LogP) is 4.40. The standard InChI is InChI=1S/C21H23N3O2/c1-14(2)24-21(25)19-8-6-17(11-15(19)3)23-13-18-7-9-20(26-18)16-5-4-10-22-12-16/h4-12,14,23H,13H2,1-3H3,(H,24,25).